The molecule has 2 aromatic rings. The van der Waals surface area contributed by atoms with Gasteiger partial charge in [-0.2, -0.15) is 0 Å². The van der Waals surface area contributed by atoms with Crippen molar-refractivity contribution in [1.82, 2.24) is 20.2 Å². The summed E-state index contributed by atoms with van der Waals surface area (Å²) >= 11 is 0. The molecule has 0 aliphatic rings. The van der Waals surface area contributed by atoms with E-state index >= 15 is 0 Å². The molecule has 0 aliphatic carbocycles. The zero-order chi connectivity index (χ0) is 11.4. The maximum absolute atomic E-state index is 5.53. The first-order valence-corrected chi connectivity index (χ1v) is 5.03. The highest BCUT2D eigenvalue weighted by molar-refractivity contribution is 5.28. The maximum atomic E-state index is 5.53. The third kappa shape index (κ3) is 2.34. The lowest BCUT2D eigenvalue weighted by molar-refractivity contribution is 0.712. The Morgan fingerprint density at radius 3 is 2.50 bits per heavy atom. The second-order valence-electron chi connectivity index (χ2n) is 3.50. The van der Waals surface area contributed by atoms with Crippen molar-refractivity contribution in [3.05, 3.63) is 35.4 Å². The van der Waals surface area contributed by atoms with Crippen molar-refractivity contribution in [2.45, 2.75) is 13.1 Å². The van der Waals surface area contributed by atoms with Crippen LogP contribution in [-0.2, 0) is 20.1 Å². The van der Waals surface area contributed by atoms with Crippen molar-refractivity contribution >= 4 is 5.95 Å². The SMILES string of the molecule is Cn1nnnc1NCc1ccc(CN)cc1. The first kappa shape index (κ1) is 10.6. The van der Waals surface area contributed by atoms with Crippen LogP contribution in [0, 0.1) is 0 Å². The van der Waals surface area contributed by atoms with Crippen molar-refractivity contribution in [2.75, 3.05) is 5.32 Å². The van der Waals surface area contributed by atoms with Crippen LogP contribution in [0.15, 0.2) is 24.3 Å². The van der Waals surface area contributed by atoms with Crippen molar-refractivity contribution in [2.24, 2.45) is 12.8 Å². The van der Waals surface area contributed by atoms with Crippen LogP contribution in [0.2, 0.25) is 0 Å². The van der Waals surface area contributed by atoms with E-state index in [2.05, 4.69) is 20.8 Å². The van der Waals surface area contributed by atoms with Gasteiger partial charge in [-0.05, 0) is 21.6 Å². The van der Waals surface area contributed by atoms with Gasteiger partial charge in [-0.25, -0.2) is 4.68 Å². The van der Waals surface area contributed by atoms with Gasteiger partial charge >= 0.3 is 0 Å². The fraction of sp³-hybridized carbons (Fsp3) is 0.300. The van der Waals surface area contributed by atoms with E-state index in [9.17, 15) is 0 Å². The van der Waals surface area contributed by atoms with E-state index in [0.717, 1.165) is 5.56 Å². The van der Waals surface area contributed by atoms with E-state index < -0.39 is 0 Å². The first-order chi connectivity index (χ1) is 7.79. The molecule has 0 unspecified atom stereocenters. The summed E-state index contributed by atoms with van der Waals surface area (Å²) in [5.74, 6) is 0.655. The molecule has 3 N–H and O–H groups in total. The van der Waals surface area contributed by atoms with Gasteiger partial charge < -0.3 is 11.1 Å². The number of rotatable bonds is 4. The number of aromatic nitrogens is 4. The molecule has 16 heavy (non-hydrogen) atoms. The summed E-state index contributed by atoms with van der Waals surface area (Å²) < 4.78 is 1.59. The van der Waals surface area contributed by atoms with Gasteiger partial charge in [0.15, 0.2) is 0 Å². The monoisotopic (exact) mass is 218 g/mol. The van der Waals surface area contributed by atoms with Crippen molar-refractivity contribution in [3.63, 3.8) is 0 Å². The minimum absolute atomic E-state index is 0.570. The van der Waals surface area contributed by atoms with Crippen LogP contribution in [-0.4, -0.2) is 20.2 Å². The third-order valence-electron chi connectivity index (χ3n) is 2.33. The van der Waals surface area contributed by atoms with Crippen LogP contribution in [0.1, 0.15) is 11.1 Å². The van der Waals surface area contributed by atoms with Crippen LogP contribution in [0.3, 0.4) is 0 Å². The summed E-state index contributed by atoms with van der Waals surface area (Å²) in [6.45, 7) is 1.26. The molecule has 2 rings (SSSR count). The summed E-state index contributed by atoms with van der Waals surface area (Å²) in [7, 11) is 1.79. The van der Waals surface area contributed by atoms with Crippen LogP contribution < -0.4 is 11.1 Å². The molecule has 0 amide bonds. The van der Waals surface area contributed by atoms with Gasteiger partial charge in [0.25, 0.3) is 0 Å². The molecule has 0 spiro atoms. The first-order valence-electron chi connectivity index (χ1n) is 5.03. The van der Waals surface area contributed by atoms with Crippen LogP contribution in [0.25, 0.3) is 0 Å². The largest absolute Gasteiger partial charge is 0.349 e. The Hall–Kier alpha value is -1.95. The molecule has 84 valence electrons. The topological polar surface area (TPSA) is 81.7 Å². The molecule has 0 fully saturated rings. The Balaban J connectivity index is 1.97. The Kier molecular flexibility index (Phi) is 3.11. The summed E-state index contributed by atoms with van der Waals surface area (Å²) in [6.07, 6.45) is 0. The number of benzene rings is 1. The Bertz CT molecular complexity index is 447. The Morgan fingerprint density at radius 2 is 1.94 bits per heavy atom. The quantitative estimate of drug-likeness (QED) is 0.770. The number of anilines is 1. The van der Waals surface area contributed by atoms with Crippen molar-refractivity contribution in [3.8, 4) is 0 Å². The molecule has 6 heteroatoms. The number of aryl methyl sites for hydroxylation is 1. The van der Waals surface area contributed by atoms with Gasteiger partial charge in [0.2, 0.25) is 5.95 Å². The predicted octanol–water partition coefficient (Wildman–Crippen LogP) is 0.281. The number of nitrogens with two attached hydrogens (primary N) is 1. The predicted molar refractivity (Wildman–Crippen MR) is 60.5 cm³/mol. The minimum atomic E-state index is 0.570. The number of hydrogen-bond acceptors (Lipinski definition) is 5. The van der Waals surface area contributed by atoms with Crippen molar-refractivity contribution < 1.29 is 0 Å². The average Bonchev–Trinajstić information content (AvgIpc) is 2.73. The number of tetrazole rings is 1. The van der Waals surface area contributed by atoms with Crippen molar-refractivity contribution in [1.29, 1.82) is 0 Å². The standard InChI is InChI=1S/C10H14N6/c1-16-10(13-14-15-16)12-7-9-4-2-8(6-11)3-5-9/h2-5H,6-7,11H2,1H3,(H,12,13,15). The zero-order valence-electron chi connectivity index (χ0n) is 9.09. The van der Waals surface area contributed by atoms with Gasteiger partial charge in [0.05, 0.1) is 0 Å². The molecule has 1 aromatic carbocycles. The second kappa shape index (κ2) is 4.71. The summed E-state index contributed by atoms with van der Waals surface area (Å²) in [4.78, 5) is 0. The fourth-order valence-electron chi connectivity index (χ4n) is 1.35. The molecule has 0 saturated heterocycles. The van der Waals surface area contributed by atoms with Gasteiger partial charge in [-0.15, -0.1) is 0 Å². The molecule has 0 atom stereocenters. The molecule has 0 radical (unpaired) electrons. The van der Waals surface area contributed by atoms with E-state index in [1.807, 2.05) is 24.3 Å². The molecular formula is C10H14N6. The summed E-state index contributed by atoms with van der Waals surface area (Å²) in [6, 6.07) is 8.12. The lowest BCUT2D eigenvalue weighted by Crippen LogP contribution is -2.06. The highest BCUT2D eigenvalue weighted by Crippen LogP contribution is 2.06. The van der Waals surface area contributed by atoms with Crippen LogP contribution >= 0.6 is 0 Å². The minimum Gasteiger partial charge on any atom is -0.349 e. The molecule has 0 saturated carbocycles. The molecule has 1 aromatic heterocycles. The Labute approximate surface area is 93.5 Å². The second-order valence-corrected chi connectivity index (χ2v) is 3.50. The third-order valence-corrected chi connectivity index (χ3v) is 2.33. The van der Waals surface area contributed by atoms with E-state index in [-0.39, 0.29) is 0 Å². The molecule has 0 bridgehead atoms. The lowest BCUT2D eigenvalue weighted by atomic mass is 10.1. The normalized spacial score (nSPS) is 10.4. The van der Waals surface area contributed by atoms with E-state index in [1.54, 1.807) is 11.7 Å². The maximum Gasteiger partial charge on any atom is 0.242 e. The smallest absolute Gasteiger partial charge is 0.242 e. The Morgan fingerprint density at radius 1 is 1.25 bits per heavy atom. The van der Waals surface area contributed by atoms with E-state index in [1.165, 1.54) is 5.56 Å². The van der Waals surface area contributed by atoms with Gasteiger partial charge in [0.1, 0.15) is 0 Å². The summed E-state index contributed by atoms with van der Waals surface area (Å²) in [5.41, 5.74) is 7.82. The number of nitrogens with zero attached hydrogens (tertiary/aromatic N) is 4. The van der Waals surface area contributed by atoms with Gasteiger partial charge in [0, 0.05) is 20.1 Å². The highest BCUT2D eigenvalue weighted by Gasteiger charge is 2.00. The lowest BCUT2D eigenvalue weighted by Gasteiger charge is -2.04. The van der Waals surface area contributed by atoms with Gasteiger partial charge in [-0.1, -0.05) is 29.4 Å². The zero-order valence-corrected chi connectivity index (χ0v) is 9.09. The molecule has 0 aliphatic heterocycles. The van der Waals surface area contributed by atoms with Crippen LogP contribution in [0.5, 0.6) is 0 Å². The molecule has 1 heterocycles. The molecular weight excluding hydrogens is 204 g/mol. The summed E-state index contributed by atoms with van der Waals surface area (Å²) in [5, 5.41) is 14.3. The number of hydrogen-bond donors (Lipinski definition) is 2. The van der Waals surface area contributed by atoms with Crippen LogP contribution in [0.4, 0.5) is 5.95 Å². The average molecular weight is 218 g/mol. The highest BCUT2D eigenvalue weighted by atomic mass is 15.6. The van der Waals surface area contributed by atoms with E-state index in [4.69, 9.17) is 5.73 Å². The molecule has 6 nitrogen and oxygen atoms in total. The van der Waals surface area contributed by atoms with E-state index in [0.29, 0.717) is 19.0 Å². The number of nitrogens with one attached hydrogen (secondary N) is 1. The fourth-order valence-corrected chi connectivity index (χ4v) is 1.35. The van der Waals surface area contributed by atoms with Gasteiger partial charge in [-0.3, -0.25) is 0 Å².